The van der Waals surface area contributed by atoms with Gasteiger partial charge in [-0.1, -0.05) is 19.1 Å². The average molecular weight is 416 g/mol. The minimum atomic E-state index is -0.231. The Kier molecular flexibility index (Phi) is 5.59. The molecule has 0 saturated carbocycles. The zero-order chi connectivity index (χ0) is 21.1. The summed E-state index contributed by atoms with van der Waals surface area (Å²) >= 11 is 1.66. The number of fused-ring (bicyclic) bond motifs is 1. The quantitative estimate of drug-likeness (QED) is 0.428. The van der Waals surface area contributed by atoms with Crippen molar-refractivity contribution in [3.05, 3.63) is 77.9 Å². The van der Waals surface area contributed by atoms with Crippen LogP contribution < -0.4 is 10.6 Å². The number of rotatable bonds is 5. The molecule has 0 fully saturated rings. The van der Waals surface area contributed by atoms with Gasteiger partial charge >= 0.3 is 0 Å². The standard InChI is InChI=1S/C24H21N3O2S/c1-3-22(28)25-19-6-4-5-17(14-19)23(29)26-18-10-8-16(9-11-18)24-27-20-12-7-15(2)13-21(20)30-24/h4-14H,3H2,1-2H3,(H,25,28)(H,26,29). The number of carbonyl (C=O) groups excluding carboxylic acids is 2. The van der Waals surface area contributed by atoms with E-state index in [-0.39, 0.29) is 11.8 Å². The number of nitrogens with one attached hydrogen (secondary N) is 2. The molecule has 1 aromatic heterocycles. The van der Waals surface area contributed by atoms with Gasteiger partial charge in [-0.2, -0.15) is 0 Å². The molecule has 0 spiro atoms. The van der Waals surface area contributed by atoms with Gasteiger partial charge in [0.2, 0.25) is 5.91 Å². The van der Waals surface area contributed by atoms with Crippen LogP contribution in [0.3, 0.4) is 0 Å². The van der Waals surface area contributed by atoms with E-state index in [0.29, 0.717) is 23.4 Å². The molecule has 0 saturated heterocycles. The molecule has 5 nitrogen and oxygen atoms in total. The fourth-order valence-electron chi connectivity index (χ4n) is 3.04. The molecule has 0 aliphatic heterocycles. The third-order valence-corrected chi connectivity index (χ3v) is 5.73. The van der Waals surface area contributed by atoms with Crippen LogP contribution in [0, 0.1) is 6.92 Å². The van der Waals surface area contributed by atoms with E-state index in [4.69, 9.17) is 4.98 Å². The van der Waals surface area contributed by atoms with Gasteiger partial charge in [-0.3, -0.25) is 9.59 Å². The van der Waals surface area contributed by atoms with Gasteiger partial charge in [0.15, 0.2) is 0 Å². The van der Waals surface area contributed by atoms with Crippen LogP contribution >= 0.6 is 11.3 Å². The lowest BCUT2D eigenvalue weighted by Gasteiger charge is -2.08. The molecule has 4 aromatic rings. The normalized spacial score (nSPS) is 10.7. The van der Waals surface area contributed by atoms with Crippen molar-refractivity contribution in [1.82, 2.24) is 4.98 Å². The molecule has 2 amide bonds. The molecule has 150 valence electrons. The van der Waals surface area contributed by atoms with Crippen molar-refractivity contribution in [1.29, 1.82) is 0 Å². The van der Waals surface area contributed by atoms with E-state index in [1.54, 1.807) is 42.5 Å². The Bertz CT molecular complexity index is 1230. The van der Waals surface area contributed by atoms with Crippen LogP contribution in [0.25, 0.3) is 20.8 Å². The molecule has 4 rings (SSSR count). The zero-order valence-corrected chi connectivity index (χ0v) is 17.5. The molecular weight excluding hydrogens is 394 g/mol. The van der Waals surface area contributed by atoms with Crippen molar-refractivity contribution in [3.63, 3.8) is 0 Å². The first-order chi connectivity index (χ1) is 14.5. The van der Waals surface area contributed by atoms with E-state index in [1.807, 2.05) is 30.3 Å². The second-order valence-corrected chi connectivity index (χ2v) is 8.03. The highest BCUT2D eigenvalue weighted by molar-refractivity contribution is 7.21. The second kappa shape index (κ2) is 8.47. The largest absolute Gasteiger partial charge is 0.326 e. The number of aryl methyl sites for hydroxylation is 1. The minimum Gasteiger partial charge on any atom is -0.326 e. The van der Waals surface area contributed by atoms with E-state index in [0.717, 1.165) is 20.8 Å². The number of amides is 2. The van der Waals surface area contributed by atoms with Gasteiger partial charge in [-0.15, -0.1) is 11.3 Å². The maximum Gasteiger partial charge on any atom is 0.255 e. The summed E-state index contributed by atoms with van der Waals surface area (Å²) in [5, 5.41) is 6.61. The molecule has 0 radical (unpaired) electrons. The number of hydrogen-bond donors (Lipinski definition) is 2. The summed E-state index contributed by atoms with van der Waals surface area (Å²) in [5.41, 5.74) is 5.01. The van der Waals surface area contributed by atoms with E-state index in [9.17, 15) is 9.59 Å². The number of aromatic nitrogens is 1. The lowest BCUT2D eigenvalue weighted by atomic mass is 10.1. The van der Waals surface area contributed by atoms with Crippen LogP contribution in [0.5, 0.6) is 0 Å². The SMILES string of the molecule is CCC(=O)Nc1cccc(C(=O)Nc2ccc(-c3nc4ccc(C)cc4s3)cc2)c1. The van der Waals surface area contributed by atoms with Gasteiger partial charge in [0.05, 0.1) is 10.2 Å². The van der Waals surface area contributed by atoms with Gasteiger partial charge in [0.25, 0.3) is 5.91 Å². The van der Waals surface area contributed by atoms with Crippen LogP contribution in [0.4, 0.5) is 11.4 Å². The number of thiazole rings is 1. The second-order valence-electron chi connectivity index (χ2n) is 7.00. The lowest BCUT2D eigenvalue weighted by molar-refractivity contribution is -0.115. The number of anilines is 2. The third-order valence-electron chi connectivity index (χ3n) is 4.66. The van der Waals surface area contributed by atoms with Crippen LogP contribution in [0.1, 0.15) is 29.3 Å². The van der Waals surface area contributed by atoms with Crippen LogP contribution in [0.2, 0.25) is 0 Å². The number of nitrogens with zero attached hydrogens (tertiary/aromatic N) is 1. The lowest BCUT2D eigenvalue weighted by Crippen LogP contribution is -2.13. The summed E-state index contributed by atoms with van der Waals surface area (Å²) in [4.78, 5) is 28.9. The van der Waals surface area contributed by atoms with Crippen LogP contribution in [0.15, 0.2) is 66.7 Å². The van der Waals surface area contributed by atoms with Crippen molar-refractivity contribution < 1.29 is 9.59 Å². The Labute approximate surface area is 178 Å². The Morgan fingerprint density at radius 2 is 1.73 bits per heavy atom. The molecule has 0 unspecified atom stereocenters. The Balaban J connectivity index is 1.48. The molecule has 0 bridgehead atoms. The summed E-state index contributed by atoms with van der Waals surface area (Å²) in [6.45, 7) is 3.86. The maximum absolute atomic E-state index is 12.6. The van der Waals surface area contributed by atoms with E-state index in [1.165, 1.54) is 5.56 Å². The maximum atomic E-state index is 12.6. The Morgan fingerprint density at radius 3 is 2.50 bits per heavy atom. The highest BCUT2D eigenvalue weighted by Gasteiger charge is 2.10. The first-order valence-electron chi connectivity index (χ1n) is 9.71. The summed E-state index contributed by atoms with van der Waals surface area (Å²) in [5.74, 6) is -0.320. The number of benzene rings is 3. The first kappa shape index (κ1) is 19.8. The third kappa shape index (κ3) is 4.39. The molecule has 1 heterocycles. The van der Waals surface area contributed by atoms with Gasteiger partial charge in [0, 0.05) is 28.9 Å². The molecule has 3 aromatic carbocycles. The monoisotopic (exact) mass is 415 g/mol. The van der Waals surface area contributed by atoms with Crippen molar-refractivity contribution >= 4 is 44.7 Å². The molecular formula is C24H21N3O2S. The molecule has 30 heavy (non-hydrogen) atoms. The fraction of sp³-hybridized carbons (Fsp3) is 0.125. The zero-order valence-electron chi connectivity index (χ0n) is 16.7. The van der Waals surface area contributed by atoms with Crippen molar-refractivity contribution in [2.75, 3.05) is 10.6 Å². The van der Waals surface area contributed by atoms with E-state index >= 15 is 0 Å². The molecule has 2 N–H and O–H groups in total. The van der Waals surface area contributed by atoms with Gasteiger partial charge in [-0.05, 0) is 67.1 Å². The Morgan fingerprint density at radius 1 is 0.933 bits per heavy atom. The topological polar surface area (TPSA) is 71.1 Å². The first-order valence-corrected chi connectivity index (χ1v) is 10.5. The van der Waals surface area contributed by atoms with Crippen LogP contribution in [-0.4, -0.2) is 16.8 Å². The number of hydrogen-bond acceptors (Lipinski definition) is 4. The smallest absolute Gasteiger partial charge is 0.255 e. The summed E-state index contributed by atoms with van der Waals surface area (Å²) in [7, 11) is 0. The summed E-state index contributed by atoms with van der Waals surface area (Å²) in [6.07, 6.45) is 0.386. The van der Waals surface area contributed by atoms with E-state index in [2.05, 4.69) is 29.7 Å². The highest BCUT2D eigenvalue weighted by atomic mass is 32.1. The molecule has 6 heteroatoms. The fourth-order valence-corrected chi connectivity index (χ4v) is 4.11. The predicted octanol–water partition coefficient (Wildman–Crippen LogP) is 5.87. The highest BCUT2D eigenvalue weighted by Crippen LogP contribution is 2.31. The van der Waals surface area contributed by atoms with Crippen molar-refractivity contribution in [2.24, 2.45) is 0 Å². The van der Waals surface area contributed by atoms with Crippen LogP contribution in [-0.2, 0) is 4.79 Å². The Hall–Kier alpha value is -3.51. The number of carbonyl (C=O) groups is 2. The van der Waals surface area contributed by atoms with Crippen molar-refractivity contribution in [2.45, 2.75) is 20.3 Å². The van der Waals surface area contributed by atoms with E-state index < -0.39 is 0 Å². The molecule has 0 aliphatic rings. The summed E-state index contributed by atoms with van der Waals surface area (Å²) < 4.78 is 1.16. The van der Waals surface area contributed by atoms with Gasteiger partial charge in [0.1, 0.15) is 5.01 Å². The summed E-state index contributed by atoms with van der Waals surface area (Å²) in [6, 6.07) is 20.8. The predicted molar refractivity (Wildman–Crippen MR) is 123 cm³/mol. The average Bonchev–Trinajstić information content (AvgIpc) is 3.17. The molecule has 0 atom stereocenters. The molecule has 0 aliphatic carbocycles. The van der Waals surface area contributed by atoms with Gasteiger partial charge < -0.3 is 10.6 Å². The van der Waals surface area contributed by atoms with Crippen molar-refractivity contribution in [3.8, 4) is 10.6 Å². The minimum absolute atomic E-state index is 0.0897. The van der Waals surface area contributed by atoms with Gasteiger partial charge in [-0.25, -0.2) is 4.98 Å².